The minimum absolute atomic E-state index is 0.429. The molecule has 0 bridgehead atoms. The molecule has 0 atom stereocenters. The summed E-state index contributed by atoms with van der Waals surface area (Å²) in [5, 5.41) is 0. The Hall–Kier alpha value is -2.68. The second-order valence-corrected chi connectivity index (χ2v) is 11.0. The van der Waals surface area contributed by atoms with Gasteiger partial charge in [0.1, 0.15) is 11.5 Å². The van der Waals surface area contributed by atoms with Gasteiger partial charge in [0.25, 0.3) is 0 Å². The highest BCUT2D eigenvalue weighted by atomic mass is 32.2. The molecule has 1 fully saturated rings. The number of oxazole rings is 1. The van der Waals surface area contributed by atoms with Crippen LogP contribution in [0.3, 0.4) is 0 Å². The zero-order chi connectivity index (χ0) is 23.7. The number of hydrogen-bond donors (Lipinski definition) is 0. The van der Waals surface area contributed by atoms with Gasteiger partial charge in [0, 0.05) is 38.3 Å². The minimum Gasteiger partial charge on any atom is -0.497 e. The molecule has 1 saturated heterocycles. The number of ether oxygens (including phenoxy) is 1. The number of piperazine rings is 1. The molecule has 2 aromatic carbocycles. The predicted molar refractivity (Wildman–Crippen MR) is 130 cm³/mol. The van der Waals surface area contributed by atoms with E-state index in [-0.39, 0.29) is 0 Å². The van der Waals surface area contributed by atoms with Crippen molar-refractivity contribution >= 4 is 10.0 Å². The van der Waals surface area contributed by atoms with Crippen molar-refractivity contribution in [3.8, 4) is 17.2 Å². The van der Waals surface area contributed by atoms with Crippen molar-refractivity contribution < 1.29 is 17.6 Å². The fourth-order valence-electron chi connectivity index (χ4n) is 4.79. The Morgan fingerprint density at radius 2 is 1.68 bits per heavy atom. The Morgan fingerprint density at radius 3 is 2.38 bits per heavy atom. The summed E-state index contributed by atoms with van der Waals surface area (Å²) in [7, 11) is -1.84. The third kappa shape index (κ3) is 4.62. The molecule has 2 heterocycles. The maximum Gasteiger partial charge on any atom is 0.243 e. The summed E-state index contributed by atoms with van der Waals surface area (Å²) in [5.41, 5.74) is 4.28. The number of benzene rings is 2. The molecule has 7 nitrogen and oxygen atoms in total. The first-order valence-corrected chi connectivity index (χ1v) is 13.3. The Labute approximate surface area is 201 Å². The van der Waals surface area contributed by atoms with Crippen LogP contribution < -0.4 is 4.74 Å². The van der Waals surface area contributed by atoms with E-state index >= 15 is 0 Å². The third-order valence-electron chi connectivity index (χ3n) is 6.89. The maximum atomic E-state index is 13.3. The van der Waals surface area contributed by atoms with Crippen LogP contribution >= 0.6 is 0 Å². The molecule has 5 rings (SSSR count). The van der Waals surface area contributed by atoms with Crippen LogP contribution in [0.4, 0.5) is 0 Å². The zero-order valence-corrected chi connectivity index (χ0v) is 20.6. The lowest BCUT2D eigenvalue weighted by molar-refractivity contribution is 0.179. The van der Waals surface area contributed by atoms with Gasteiger partial charge in [-0.3, -0.25) is 4.90 Å². The molecule has 34 heavy (non-hydrogen) atoms. The average Bonchev–Trinajstić information content (AvgIpc) is 3.24. The van der Waals surface area contributed by atoms with E-state index in [1.54, 1.807) is 17.5 Å². The number of aromatic nitrogens is 1. The van der Waals surface area contributed by atoms with Crippen LogP contribution in [0, 0.1) is 6.92 Å². The van der Waals surface area contributed by atoms with Gasteiger partial charge in [-0.2, -0.15) is 4.31 Å². The van der Waals surface area contributed by atoms with Crippen molar-refractivity contribution in [2.24, 2.45) is 0 Å². The van der Waals surface area contributed by atoms with E-state index in [2.05, 4.69) is 4.90 Å². The SMILES string of the molecule is COc1ccc(-c2nc(CN3CCN(S(=O)(=O)c4ccc5c(c4)CCCC5)CC3)c(C)o2)cc1. The molecule has 2 aliphatic rings. The number of hydrogen-bond acceptors (Lipinski definition) is 6. The van der Waals surface area contributed by atoms with E-state index in [9.17, 15) is 8.42 Å². The zero-order valence-electron chi connectivity index (χ0n) is 19.8. The summed E-state index contributed by atoms with van der Waals surface area (Å²) in [5.74, 6) is 2.16. The van der Waals surface area contributed by atoms with Gasteiger partial charge in [-0.1, -0.05) is 6.07 Å². The quantitative estimate of drug-likeness (QED) is 0.529. The highest BCUT2D eigenvalue weighted by Gasteiger charge is 2.30. The number of fused-ring (bicyclic) bond motifs is 1. The van der Waals surface area contributed by atoms with Gasteiger partial charge in [-0.15, -0.1) is 0 Å². The van der Waals surface area contributed by atoms with Gasteiger partial charge >= 0.3 is 0 Å². The van der Waals surface area contributed by atoms with E-state index in [0.29, 0.717) is 43.5 Å². The van der Waals surface area contributed by atoms with Gasteiger partial charge in [-0.25, -0.2) is 13.4 Å². The van der Waals surface area contributed by atoms with E-state index in [1.165, 1.54) is 17.5 Å². The first-order chi connectivity index (χ1) is 16.4. The molecule has 0 saturated carbocycles. The summed E-state index contributed by atoms with van der Waals surface area (Å²) in [6, 6.07) is 13.3. The number of sulfonamides is 1. The van der Waals surface area contributed by atoms with E-state index < -0.39 is 10.0 Å². The first kappa shape index (κ1) is 23.1. The van der Waals surface area contributed by atoms with Crippen LogP contribution in [0.25, 0.3) is 11.5 Å². The molecule has 0 amide bonds. The number of methoxy groups -OCH3 is 1. The normalized spacial score (nSPS) is 17.5. The smallest absolute Gasteiger partial charge is 0.243 e. The van der Waals surface area contributed by atoms with E-state index in [1.807, 2.05) is 43.3 Å². The second-order valence-electron chi connectivity index (χ2n) is 9.07. The molecule has 0 spiro atoms. The standard InChI is InChI=1S/C26H31N3O4S/c1-19-25(27-26(33-19)21-7-10-23(32-2)11-8-21)18-28-13-15-29(16-14-28)34(30,31)24-12-9-20-5-3-4-6-22(20)17-24/h7-12,17H,3-6,13-16,18H2,1-2H3. The van der Waals surface area contributed by atoms with Crippen LogP contribution in [0.15, 0.2) is 51.8 Å². The highest BCUT2D eigenvalue weighted by molar-refractivity contribution is 7.89. The molecule has 0 unspecified atom stereocenters. The summed E-state index contributed by atoms with van der Waals surface area (Å²) >= 11 is 0. The molecular weight excluding hydrogens is 450 g/mol. The number of nitrogens with zero attached hydrogens (tertiary/aromatic N) is 3. The molecule has 180 valence electrons. The first-order valence-electron chi connectivity index (χ1n) is 11.9. The summed E-state index contributed by atoms with van der Waals surface area (Å²) in [4.78, 5) is 7.37. The van der Waals surface area contributed by atoms with Gasteiger partial charge in [0.2, 0.25) is 15.9 Å². The van der Waals surface area contributed by atoms with Crippen LogP contribution in [0.2, 0.25) is 0 Å². The van der Waals surface area contributed by atoms with Crippen LogP contribution in [-0.2, 0) is 29.4 Å². The lowest BCUT2D eigenvalue weighted by atomic mass is 9.92. The van der Waals surface area contributed by atoms with E-state index in [0.717, 1.165) is 42.0 Å². The molecule has 1 aliphatic heterocycles. The lowest BCUT2D eigenvalue weighted by Crippen LogP contribution is -2.48. The monoisotopic (exact) mass is 481 g/mol. The number of aryl methyl sites for hydroxylation is 3. The fourth-order valence-corrected chi connectivity index (χ4v) is 6.26. The summed E-state index contributed by atoms with van der Waals surface area (Å²) in [6.07, 6.45) is 4.35. The van der Waals surface area contributed by atoms with Crippen LogP contribution in [0.1, 0.15) is 35.4 Å². The second kappa shape index (κ2) is 9.52. The maximum absolute atomic E-state index is 13.3. The highest BCUT2D eigenvalue weighted by Crippen LogP contribution is 2.27. The van der Waals surface area contributed by atoms with Crippen molar-refractivity contribution in [1.82, 2.24) is 14.2 Å². The Balaban J connectivity index is 1.23. The molecular formula is C26H31N3O4S. The van der Waals surface area contributed by atoms with Gasteiger partial charge < -0.3 is 9.15 Å². The average molecular weight is 482 g/mol. The summed E-state index contributed by atoms with van der Waals surface area (Å²) in [6.45, 7) is 4.83. The van der Waals surface area contributed by atoms with Gasteiger partial charge in [-0.05, 0) is 80.1 Å². The van der Waals surface area contributed by atoms with Crippen LogP contribution in [-0.4, -0.2) is 55.9 Å². The molecule has 8 heteroatoms. The van der Waals surface area contributed by atoms with Gasteiger partial charge in [0.05, 0.1) is 17.7 Å². The van der Waals surface area contributed by atoms with Crippen molar-refractivity contribution in [2.75, 3.05) is 33.3 Å². The Morgan fingerprint density at radius 1 is 0.971 bits per heavy atom. The third-order valence-corrected chi connectivity index (χ3v) is 8.79. The molecule has 0 N–H and O–H groups in total. The predicted octanol–water partition coefficient (Wildman–Crippen LogP) is 4.04. The van der Waals surface area contributed by atoms with Crippen molar-refractivity contribution in [3.63, 3.8) is 0 Å². The molecule has 0 radical (unpaired) electrons. The topological polar surface area (TPSA) is 75.9 Å². The summed E-state index contributed by atoms with van der Waals surface area (Å²) < 4.78 is 39.3. The van der Waals surface area contributed by atoms with Crippen LogP contribution in [0.5, 0.6) is 5.75 Å². The van der Waals surface area contributed by atoms with E-state index in [4.69, 9.17) is 14.1 Å². The Bertz CT molecular complexity index is 1260. The lowest BCUT2D eigenvalue weighted by Gasteiger charge is -2.33. The fraction of sp³-hybridized carbons (Fsp3) is 0.423. The van der Waals surface area contributed by atoms with Crippen molar-refractivity contribution in [2.45, 2.75) is 44.0 Å². The van der Waals surface area contributed by atoms with Crippen molar-refractivity contribution in [1.29, 1.82) is 0 Å². The number of rotatable bonds is 6. The molecule has 3 aromatic rings. The Kier molecular flexibility index (Phi) is 6.46. The largest absolute Gasteiger partial charge is 0.497 e. The molecule has 1 aromatic heterocycles. The van der Waals surface area contributed by atoms with Crippen molar-refractivity contribution in [3.05, 3.63) is 65.0 Å². The minimum atomic E-state index is -3.48. The molecule has 1 aliphatic carbocycles. The van der Waals surface area contributed by atoms with Gasteiger partial charge in [0.15, 0.2) is 0 Å².